The lowest BCUT2D eigenvalue weighted by Crippen LogP contribution is -2.38. The van der Waals surface area contributed by atoms with Crippen LogP contribution in [0.15, 0.2) is 42.5 Å². The predicted octanol–water partition coefficient (Wildman–Crippen LogP) is 5.98. The molecular weight excluding hydrogens is 512 g/mol. The van der Waals surface area contributed by atoms with Gasteiger partial charge in [-0.3, -0.25) is 14.4 Å². The molecule has 1 saturated carbocycles. The van der Waals surface area contributed by atoms with E-state index in [0.29, 0.717) is 24.6 Å². The number of aromatic nitrogens is 1. The molecule has 0 radical (unpaired) electrons. The molecule has 3 aromatic rings. The number of carbonyl (C=O) groups excluding carboxylic acids is 2. The molecule has 9 heteroatoms. The summed E-state index contributed by atoms with van der Waals surface area (Å²) in [5, 5.41) is 1.14. The van der Waals surface area contributed by atoms with Crippen molar-refractivity contribution in [1.82, 2.24) is 13.6 Å². The zero-order chi connectivity index (χ0) is 27.9. The van der Waals surface area contributed by atoms with Gasteiger partial charge in [-0.05, 0) is 63.3 Å². The second kappa shape index (κ2) is 10.8. The third kappa shape index (κ3) is 5.47. The van der Waals surface area contributed by atoms with Crippen LogP contribution in [0, 0.1) is 0 Å². The van der Waals surface area contributed by atoms with Crippen molar-refractivity contribution in [3.63, 3.8) is 0 Å². The van der Waals surface area contributed by atoms with Crippen molar-refractivity contribution in [3.05, 3.63) is 53.6 Å². The van der Waals surface area contributed by atoms with E-state index in [9.17, 15) is 13.8 Å². The summed E-state index contributed by atoms with van der Waals surface area (Å²) < 4.78 is 24.3. The molecule has 1 N–H and O–H groups in total. The van der Waals surface area contributed by atoms with Crippen LogP contribution < -0.4 is 9.62 Å². The Hall–Kier alpha value is -3.17. The molecule has 1 fully saturated rings. The van der Waals surface area contributed by atoms with Crippen molar-refractivity contribution in [1.29, 1.82) is 0 Å². The number of benzene rings is 2. The number of hydrogen-bond donors (Lipinski definition) is 1. The topological polar surface area (TPSA) is 83.9 Å². The second-order valence-corrected chi connectivity index (χ2v) is 13.1. The lowest BCUT2D eigenvalue weighted by Gasteiger charge is -2.28. The van der Waals surface area contributed by atoms with Crippen molar-refractivity contribution in [2.75, 3.05) is 25.5 Å². The summed E-state index contributed by atoms with van der Waals surface area (Å²) in [4.78, 5) is 28.1. The van der Waals surface area contributed by atoms with E-state index in [1.165, 1.54) is 29.1 Å². The van der Waals surface area contributed by atoms with Gasteiger partial charge >= 0.3 is 6.09 Å². The Bertz CT molecular complexity index is 1430. The van der Waals surface area contributed by atoms with Crippen LogP contribution in [0.2, 0.25) is 0 Å². The quantitative estimate of drug-likeness (QED) is 0.433. The van der Waals surface area contributed by atoms with Crippen LogP contribution in [0.4, 0.5) is 10.5 Å². The maximum atomic E-state index is 13.4. The minimum Gasteiger partial charge on any atom is -0.443 e. The lowest BCUT2D eigenvalue weighted by atomic mass is 9.81. The number of ether oxygens (including phenoxy) is 1. The molecule has 1 unspecified atom stereocenters. The maximum absolute atomic E-state index is 13.4. The van der Waals surface area contributed by atoms with Gasteiger partial charge in [0.1, 0.15) is 5.60 Å². The molecule has 1 aromatic heterocycles. The highest BCUT2D eigenvalue weighted by atomic mass is 32.2. The highest BCUT2D eigenvalue weighted by Crippen LogP contribution is 2.47. The summed E-state index contributed by atoms with van der Waals surface area (Å²) in [6.45, 7) is 6.63. The molecule has 0 bridgehead atoms. The molecule has 5 rings (SSSR count). The van der Waals surface area contributed by atoms with Crippen LogP contribution in [0.1, 0.15) is 74.7 Å². The van der Waals surface area contributed by atoms with Crippen molar-refractivity contribution < 1.29 is 18.5 Å². The predicted molar refractivity (Wildman–Crippen MR) is 156 cm³/mol. The minimum absolute atomic E-state index is 0.365. The molecule has 2 amide bonds. The largest absolute Gasteiger partial charge is 0.443 e. The average molecular weight is 551 g/mol. The fraction of sp³-hybridized carbons (Fsp3) is 0.467. The summed E-state index contributed by atoms with van der Waals surface area (Å²) in [7, 11) is 3.30. The summed E-state index contributed by atoms with van der Waals surface area (Å²) in [6.07, 6.45) is 5.51. The van der Waals surface area contributed by atoms with Gasteiger partial charge in [-0.15, -0.1) is 0 Å². The van der Waals surface area contributed by atoms with Gasteiger partial charge in [-0.25, -0.2) is 13.3 Å². The molecule has 8 nitrogen and oxygen atoms in total. The van der Waals surface area contributed by atoms with E-state index >= 15 is 0 Å². The van der Waals surface area contributed by atoms with Gasteiger partial charge in [-0.2, -0.15) is 0 Å². The Morgan fingerprint density at radius 1 is 1.03 bits per heavy atom. The van der Waals surface area contributed by atoms with Gasteiger partial charge < -0.3 is 9.30 Å². The SMILES string of the molecule is CN(C)S(=O)NC(=O)c1ccc2c(C3CCCCC3)c3n(c2c1)CCN(C(=O)OC(C)(C)C)c1ccccc1-3. The van der Waals surface area contributed by atoms with Crippen molar-refractivity contribution in [3.8, 4) is 11.3 Å². The molecule has 1 atom stereocenters. The van der Waals surface area contributed by atoms with Crippen LogP contribution >= 0.6 is 0 Å². The first kappa shape index (κ1) is 27.4. The third-order valence-corrected chi connectivity index (χ3v) is 8.53. The normalized spacial score (nSPS) is 16.9. The summed E-state index contributed by atoms with van der Waals surface area (Å²) in [6, 6.07) is 13.8. The van der Waals surface area contributed by atoms with Gasteiger partial charge in [0, 0.05) is 49.2 Å². The number of para-hydroxylation sites is 1. The van der Waals surface area contributed by atoms with Gasteiger partial charge in [0.15, 0.2) is 11.2 Å². The molecule has 1 aliphatic carbocycles. The molecule has 2 aromatic carbocycles. The van der Waals surface area contributed by atoms with Gasteiger partial charge in [0.05, 0.1) is 11.4 Å². The lowest BCUT2D eigenvalue weighted by molar-refractivity contribution is 0.0579. The highest BCUT2D eigenvalue weighted by Gasteiger charge is 2.33. The molecule has 0 spiro atoms. The van der Waals surface area contributed by atoms with Crippen LogP contribution in [0.5, 0.6) is 0 Å². The molecule has 39 heavy (non-hydrogen) atoms. The number of nitrogens with zero attached hydrogens (tertiary/aromatic N) is 3. The number of rotatable bonds is 4. The molecule has 0 saturated heterocycles. The van der Waals surface area contributed by atoms with E-state index in [-0.39, 0.29) is 12.0 Å². The van der Waals surface area contributed by atoms with Crippen LogP contribution in [-0.4, -0.2) is 51.3 Å². The van der Waals surface area contributed by atoms with E-state index in [2.05, 4.69) is 15.4 Å². The standard InChI is InChI=1S/C30H38N4O4S/c1-30(2,3)38-29(36)34-18-17-33-25-19-21(28(35)31-39(37)32(4)5)15-16-22(25)26(20-11-7-6-8-12-20)27(33)23-13-9-10-14-24(23)34/h9-10,13-16,19-20H,6-8,11-12,17-18H2,1-5H3,(H,31,35). The first-order valence-electron chi connectivity index (χ1n) is 13.7. The zero-order valence-electron chi connectivity index (χ0n) is 23.5. The number of nitrogens with one attached hydrogen (secondary N) is 1. The first-order valence-corrected chi connectivity index (χ1v) is 14.8. The maximum Gasteiger partial charge on any atom is 0.414 e. The summed E-state index contributed by atoms with van der Waals surface area (Å²) >= 11 is -1.62. The average Bonchev–Trinajstić information content (AvgIpc) is 3.11. The van der Waals surface area contributed by atoms with Crippen molar-refractivity contribution in [2.45, 2.75) is 70.9 Å². The Labute approximate surface area is 233 Å². The molecule has 2 aliphatic rings. The smallest absolute Gasteiger partial charge is 0.414 e. The first-order chi connectivity index (χ1) is 18.5. The van der Waals surface area contributed by atoms with E-state index in [4.69, 9.17) is 4.74 Å². The van der Waals surface area contributed by atoms with E-state index < -0.39 is 16.8 Å². The number of hydrogen-bond acceptors (Lipinski definition) is 4. The molecule has 208 valence electrons. The number of fused-ring (bicyclic) bond motifs is 5. The molecule has 1 aliphatic heterocycles. The van der Waals surface area contributed by atoms with Crippen molar-refractivity contribution >= 4 is 39.8 Å². The summed E-state index contributed by atoms with van der Waals surface area (Å²) in [5.41, 5.74) is 5.05. The number of anilines is 1. The second-order valence-electron chi connectivity index (χ2n) is 11.6. The van der Waals surface area contributed by atoms with Crippen LogP contribution in [0.25, 0.3) is 22.2 Å². The number of amides is 2. The fourth-order valence-corrected chi connectivity index (χ4v) is 6.27. The van der Waals surface area contributed by atoms with Gasteiger partial charge in [-0.1, -0.05) is 43.5 Å². The highest BCUT2D eigenvalue weighted by molar-refractivity contribution is 7.81. The van der Waals surface area contributed by atoms with Gasteiger partial charge in [0.2, 0.25) is 0 Å². The monoisotopic (exact) mass is 550 g/mol. The Kier molecular flexibility index (Phi) is 7.57. The third-order valence-electron chi connectivity index (χ3n) is 7.50. The Balaban J connectivity index is 1.68. The van der Waals surface area contributed by atoms with E-state index in [1.54, 1.807) is 19.0 Å². The Morgan fingerprint density at radius 2 is 1.74 bits per heavy atom. The van der Waals surface area contributed by atoms with Crippen LogP contribution in [-0.2, 0) is 22.5 Å². The van der Waals surface area contributed by atoms with E-state index in [0.717, 1.165) is 40.7 Å². The fourth-order valence-electron chi connectivity index (χ4n) is 5.81. The minimum atomic E-state index is -1.62. The molecular formula is C30H38N4O4S. The van der Waals surface area contributed by atoms with E-state index in [1.807, 2.05) is 57.2 Å². The van der Waals surface area contributed by atoms with Gasteiger partial charge in [0.25, 0.3) is 5.91 Å². The Morgan fingerprint density at radius 3 is 2.44 bits per heavy atom. The van der Waals surface area contributed by atoms with Crippen LogP contribution in [0.3, 0.4) is 0 Å². The zero-order valence-corrected chi connectivity index (χ0v) is 24.3. The molecule has 2 heterocycles. The van der Waals surface area contributed by atoms with Crippen molar-refractivity contribution in [2.24, 2.45) is 0 Å². The summed E-state index contributed by atoms with van der Waals surface area (Å²) in [5.74, 6) is 0.0163. The number of carbonyl (C=O) groups is 2.